The van der Waals surface area contributed by atoms with Crippen LogP contribution in [0, 0.1) is 0 Å². The van der Waals surface area contributed by atoms with Gasteiger partial charge in [0, 0.05) is 0 Å². The molecule has 15 heavy (non-hydrogen) atoms. The van der Waals surface area contributed by atoms with Crippen molar-refractivity contribution in [2.75, 3.05) is 0 Å². The Balaban J connectivity index is 2.42. The number of para-hydroxylation sites is 1. The lowest BCUT2D eigenvalue weighted by Gasteiger charge is -1.98. The second-order valence-electron chi connectivity index (χ2n) is 3.27. The van der Waals surface area contributed by atoms with Gasteiger partial charge in [0.05, 0.1) is 11.7 Å². The Morgan fingerprint density at radius 3 is 2.67 bits per heavy atom. The van der Waals surface area contributed by atoms with E-state index < -0.39 is 6.10 Å². The summed E-state index contributed by atoms with van der Waals surface area (Å²) in [5.41, 5.74) is 0.970. The highest BCUT2D eigenvalue weighted by Crippen LogP contribution is 2.28. The number of rotatable bonds is 2. The summed E-state index contributed by atoms with van der Waals surface area (Å²) in [7, 11) is 0. The van der Waals surface area contributed by atoms with Gasteiger partial charge in [-0.25, -0.2) is 4.98 Å². The second kappa shape index (κ2) is 3.74. The Morgan fingerprint density at radius 1 is 1.33 bits per heavy atom. The second-order valence-corrected chi connectivity index (χ2v) is 3.27. The number of hydrogen-bond donors (Lipinski definition) is 2. The zero-order valence-electron chi connectivity index (χ0n) is 8.21. The molecule has 2 rings (SSSR count). The molecule has 0 saturated carbocycles. The topological polar surface area (TPSA) is 66.5 Å². The molecule has 0 bridgehead atoms. The fraction of sp³-hybridized carbons (Fsp3) is 0.182. The van der Waals surface area contributed by atoms with Crippen molar-refractivity contribution in [3.05, 3.63) is 36.2 Å². The van der Waals surface area contributed by atoms with Crippen molar-refractivity contribution in [1.29, 1.82) is 0 Å². The summed E-state index contributed by atoms with van der Waals surface area (Å²) >= 11 is 0. The third-order valence-electron chi connectivity index (χ3n) is 2.08. The van der Waals surface area contributed by atoms with Crippen molar-refractivity contribution in [3.63, 3.8) is 0 Å². The van der Waals surface area contributed by atoms with Crippen molar-refractivity contribution in [1.82, 2.24) is 4.98 Å². The predicted octanol–water partition coefficient (Wildman–Crippen LogP) is 2.10. The Morgan fingerprint density at radius 2 is 2.07 bits per heavy atom. The molecule has 0 saturated heterocycles. The van der Waals surface area contributed by atoms with E-state index in [9.17, 15) is 10.2 Å². The summed E-state index contributed by atoms with van der Waals surface area (Å²) < 4.78 is 5.16. The van der Waals surface area contributed by atoms with E-state index in [1.807, 2.05) is 0 Å². The van der Waals surface area contributed by atoms with Gasteiger partial charge >= 0.3 is 0 Å². The number of aromatic hydroxyl groups is 1. The molecule has 1 aromatic carbocycles. The highest BCUT2D eigenvalue weighted by Gasteiger charge is 2.12. The van der Waals surface area contributed by atoms with Crippen LogP contribution >= 0.6 is 0 Å². The summed E-state index contributed by atoms with van der Waals surface area (Å²) in [6.45, 7) is 1.60. The molecule has 0 aliphatic rings. The molecule has 1 atom stereocenters. The van der Waals surface area contributed by atoms with Crippen LogP contribution in [0.5, 0.6) is 5.75 Å². The maximum atomic E-state index is 9.55. The average molecular weight is 205 g/mol. The van der Waals surface area contributed by atoms with Crippen LogP contribution in [0.4, 0.5) is 0 Å². The number of nitrogens with zero attached hydrogens (tertiary/aromatic N) is 1. The molecule has 4 nitrogen and oxygen atoms in total. The van der Waals surface area contributed by atoms with Crippen molar-refractivity contribution >= 4 is 0 Å². The zero-order valence-corrected chi connectivity index (χ0v) is 8.21. The Bertz CT molecular complexity index is 462. The van der Waals surface area contributed by atoms with Gasteiger partial charge in [-0.1, -0.05) is 12.1 Å². The Labute approximate surface area is 86.8 Å². The van der Waals surface area contributed by atoms with Gasteiger partial charge in [0.25, 0.3) is 0 Å². The van der Waals surface area contributed by atoms with E-state index in [-0.39, 0.29) is 5.75 Å². The van der Waals surface area contributed by atoms with Gasteiger partial charge in [-0.15, -0.1) is 0 Å². The van der Waals surface area contributed by atoms with Gasteiger partial charge in [-0.2, -0.15) is 0 Å². The normalized spacial score (nSPS) is 12.7. The van der Waals surface area contributed by atoms with E-state index in [0.717, 1.165) is 0 Å². The lowest BCUT2D eigenvalue weighted by atomic mass is 10.2. The Hall–Kier alpha value is -1.81. The number of phenolic OH excluding ortho intramolecular Hbond substituents is 1. The van der Waals surface area contributed by atoms with Gasteiger partial charge in [0.1, 0.15) is 17.7 Å². The van der Waals surface area contributed by atoms with Crippen LogP contribution in [0.2, 0.25) is 0 Å². The van der Waals surface area contributed by atoms with Gasteiger partial charge < -0.3 is 14.6 Å². The van der Waals surface area contributed by atoms with Crippen molar-refractivity contribution < 1.29 is 14.6 Å². The highest BCUT2D eigenvalue weighted by atomic mass is 16.3. The number of phenols is 1. The summed E-state index contributed by atoms with van der Waals surface area (Å²) in [6, 6.07) is 6.76. The minimum atomic E-state index is -0.673. The molecule has 0 aliphatic heterocycles. The molecule has 2 N–H and O–H groups in total. The van der Waals surface area contributed by atoms with E-state index in [1.54, 1.807) is 31.2 Å². The molecule has 4 heteroatoms. The smallest absolute Gasteiger partial charge is 0.229 e. The zero-order chi connectivity index (χ0) is 10.8. The SMILES string of the molecule is CC(O)c1coc(-c2ccccc2O)n1. The molecule has 0 amide bonds. The van der Waals surface area contributed by atoms with E-state index in [0.29, 0.717) is 17.1 Å². The van der Waals surface area contributed by atoms with Crippen LogP contribution < -0.4 is 0 Å². The molecule has 0 aliphatic carbocycles. The summed E-state index contributed by atoms with van der Waals surface area (Å²) in [5.74, 6) is 0.417. The predicted molar refractivity (Wildman–Crippen MR) is 54.2 cm³/mol. The van der Waals surface area contributed by atoms with Gasteiger partial charge in [-0.05, 0) is 19.1 Å². The third-order valence-corrected chi connectivity index (χ3v) is 2.08. The summed E-state index contributed by atoms with van der Waals surface area (Å²) in [4.78, 5) is 4.06. The molecular formula is C11H11NO3. The van der Waals surface area contributed by atoms with Crippen molar-refractivity contribution in [2.24, 2.45) is 0 Å². The maximum absolute atomic E-state index is 9.55. The fourth-order valence-electron chi connectivity index (χ4n) is 1.26. The number of oxazole rings is 1. The van der Waals surface area contributed by atoms with Crippen LogP contribution in [0.25, 0.3) is 11.5 Å². The van der Waals surface area contributed by atoms with Crippen LogP contribution in [-0.4, -0.2) is 15.2 Å². The molecule has 0 fully saturated rings. The molecule has 0 radical (unpaired) electrons. The van der Waals surface area contributed by atoms with E-state index in [2.05, 4.69) is 4.98 Å². The largest absolute Gasteiger partial charge is 0.507 e. The number of hydrogen-bond acceptors (Lipinski definition) is 4. The fourth-order valence-corrected chi connectivity index (χ4v) is 1.26. The first-order valence-electron chi connectivity index (χ1n) is 4.60. The first kappa shape index (κ1) is 9.73. The van der Waals surface area contributed by atoms with Crippen molar-refractivity contribution in [3.8, 4) is 17.2 Å². The van der Waals surface area contributed by atoms with E-state index in [4.69, 9.17) is 4.42 Å². The van der Waals surface area contributed by atoms with Crippen molar-refractivity contribution in [2.45, 2.75) is 13.0 Å². The first-order valence-corrected chi connectivity index (χ1v) is 4.60. The molecule has 78 valence electrons. The monoisotopic (exact) mass is 205 g/mol. The molecule has 0 spiro atoms. The Kier molecular flexibility index (Phi) is 2.43. The van der Waals surface area contributed by atoms with Crippen LogP contribution in [-0.2, 0) is 0 Å². The molecular weight excluding hydrogens is 194 g/mol. The number of aliphatic hydroxyl groups excluding tert-OH is 1. The number of aromatic nitrogens is 1. The average Bonchev–Trinajstić information content (AvgIpc) is 2.67. The quantitative estimate of drug-likeness (QED) is 0.787. The van der Waals surface area contributed by atoms with Gasteiger partial charge in [0.15, 0.2) is 0 Å². The summed E-state index contributed by atoms with van der Waals surface area (Å²) in [5, 5.41) is 18.8. The molecule has 1 unspecified atom stereocenters. The minimum absolute atomic E-state index is 0.108. The third kappa shape index (κ3) is 1.85. The standard InChI is InChI=1S/C11H11NO3/c1-7(13)9-6-15-11(12-9)8-4-2-3-5-10(8)14/h2-7,13-14H,1H3. The van der Waals surface area contributed by atoms with E-state index in [1.165, 1.54) is 6.26 Å². The first-order chi connectivity index (χ1) is 7.18. The van der Waals surface area contributed by atoms with Crippen LogP contribution in [0.1, 0.15) is 18.7 Å². The molecule has 1 aromatic heterocycles. The summed E-state index contributed by atoms with van der Waals surface area (Å²) in [6.07, 6.45) is 0.709. The lowest BCUT2D eigenvalue weighted by Crippen LogP contribution is -1.90. The number of aliphatic hydroxyl groups is 1. The van der Waals surface area contributed by atoms with Crippen LogP contribution in [0.15, 0.2) is 34.9 Å². The molecule has 2 aromatic rings. The number of benzene rings is 1. The lowest BCUT2D eigenvalue weighted by molar-refractivity contribution is 0.194. The minimum Gasteiger partial charge on any atom is -0.507 e. The maximum Gasteiger partial charge on any atom is 0.229 e. The molecule has 1 heterocycles. The van der Waals surface area contributed by atoms with Gasteiger partial charge in [0.2, 0.25) is 5.89 Å². The van der Waals surface area contributed by atoms with Gasteiger partial charge in [-0.3, -0.25) is 0 Å². The highest BCUT2D eigenvalue weighted by molar-refractivity contribution is 5.61. The van der Waals surface area contributed by atoms with E-state index >= 15 is 0 Å². The van der Waals surface area contributed by atoms with Crippen LogP contribution in [0.3, 0.4) is 0 Å².